The summed E-state index contributed by atoms with van der Waals surface area (Å²) in [5, 5.41) is 19.4. The minimum absolute atomic E-state index is 0.244. The Bertz CT molecular complexity index is 1240. The van der Waals surface area contributed by atoms with Crippen LogP contribution in [-0.4, -0.2) is 54.0 Å². The van der Waals surface area contributed by atoms with E-state index in [0.29, 0.717) is 19.0 Å². The second kappa shape index (κ2) is 7.21. The minimum atomic E-state index is -0.320. The number of aliphatic hydroxyl groups is 1. The molecule has 9 nitrogen and oxygen atoms in total. The molecule has 30 heavy (non-hydrogen) atoms. The third-order valence-electron chi connectivity index (χ3n) is 5.34. The van der Waals surface area contributed by atoms with Crippen molar-refractivity contribution in [3.05, 3.63) is 28.6 Å². The number of rotatable bonds is 5. The summed E-state index contributed by atoms with van der Waals surface area (Å²) >= 11 is 3.69. The van der Waals surface area contributed by atoms with E-state index < -0.39 is 0 Å². The van der Waals surface area contributed by atoms with Crippen LogP contribution < -0.4 is 10.2 Å². The van der Waals surface area contributed by atoms with Crippen molar-refractivity contribution < 1.29 is 5.11 Å². The first-order valence-electron chi connectivity index (χ1n) is 10.1. The van der Waals surface area contributed by atoms with E-state index in [-0.39, 0.29) is 12.1 Å². The standard InChI is InChI=1S/C20H23BrN8O/c1-4-14-16(21)15-17(25-14)26-20(27-19(15)28-8-13(30)9-28)24-12-5-11-6-23-29(10(2)3)18(11)22-7-12/h5-7,10,13,30H,4,8-9H2,1-3H3,(H2,24,25,26,27). The fourth-order valence-corrected chi connectivity index (χ4v) is 4.51. The molecule has 1 aliphatic rings. The van der Waals surface area contributed by atoms with Gasteiger partial charge in [-0.25, -0.2) is 9.67 Å². The Balaban J connectivity index is 1.55. The lowest BCUT2D eigenvalue weighted by Gasteiger charge is -2.37. The smallest absolute Gasteiger partial charge is 0.231 e. The number of β-amino-alcohol motifs (C(OH)–C–C–N with tert-alkyl or cyclic N) is 1. The van der Waals surface area contributed by atoms with E-state index >= 15 is 0 Å². The average molecular weight is 471 g/mol. The molecular formula is C20H23BrN8O. The van der Waals surface area contributed by atoms with Gasteiger partial charge >= 0.3 is 0 Å². The van der Waals surface area contributed by atoms with Gasteiger partial charge in [-0.1, -0.05) is 6.92 Å². The van der Waals surface area contributed by atoms with Gasteiger partial charge in [0.1, 0.15) is 11.5 Å². The molecule has 4 aromatic heterocycles. The van der Waals surface area contributed by atoms with Crippen LogP contribution in [0.1, 0.15) is 32.5 Å². The van der Waals surface area contributed by atoms with E-state index in [2.05, 4.69) is 67.0 Å². The fraction of sp³-hybridized carbons (Fsp3) is 0.400. The maximum absolute atomic E-state index is 9.78. The zero-order valence-electron chi connectivity index (χ0n) is 17.0. The van der Waals surface area contributed by atoms with Gasteiger partial charge in [-0.05, 0) is 42.3 Å². The number of nitrogens with one attached hydrogen (secondary N) is 2. The molecule has 156 valence electrons. The molecule has 5 heterocycles. The lowest BCUT2D eigenvalue weighted by Crippen LogP contribution is -2.51. The van der Waals surface area contributed by atoms with Gasteiger partial charge in [0.25, 0.3) is 0 Å². The van der Waals surface area contributed by atoms with Crippen LogP contribution in [-0.2, 0) is 6.42 Å². The summed E-state index contributed by atoms with van der Waals surface area (Å²) in [5.41, 5.74) is 3.47. The van der Waals surface area contributed by atoms with Gasteiger partial charge < -0.3 is 20.3 Å². The van der Waals surface area contributed by atoms with Gasteiger partial charge in [0.2, 0.25) is 5.95 Å². The number of aromatic amines is 1. The molecule has 0 bridgehead atoms. The topological polar surface area (TPSA) is 108 Å². The van der Waals surface area contributed by atoms with Crippen molar-refractivity contribution in [1.29, 1.82) is 0 Å². The van der Waals surface area contributed by atoms with Gasteiger partial charge in [0.15, 0.2) is 5.65 Å². The van der Waals surface area contributed by atoms with Crippen molar-refractivity contribution in [2.45, 2.75) is 39.3 Å². The van der Waals surface area contributed by atoms with Crippen LogP contribution in [0, 0.1) is 0 Å². The summed E-state index contributed by atoms with van der Waals surface area (Å²) in [6, 6.07) is 2.24. The number of aromatic nitrogens is 6. The minimum Gasteiger partial charge on any atom is -0.389 e. The Hall–Kier alpha value is -2.72. The molecule has 0 amide bonds. The quantitative estimate of drug-likeness (QED) is 0.409. The summed E-state index contributed by atoms with van der Waals surface area (Å²) < 4.78 is 2.88. The summed E-state index contributed by atoms with van der Waals surface area (Å²) in [7, 11) is 0. The van der Waals surface area contributed by atoms with E-state index in [1.165, 1.54) is 0 Å². The molecule has 0 aliphatic carbocycles. The first-order valence-corrected chi connectivity index (χ1v) is 10.8. The predicted octanol–water partition coefficient (Wildman–Crippen LogP) is 3.53. The molecule has 0 spiro atoms. The molecule has 10 heteroatoms. The molecule has 3 N–H and O–H groups in total. The van der Waals surface area contributed by atoms with Crippen molar-refractivity contribution in [3.8, 4) is 0 Å². The molecule has 1 fully saturated rings. The van der Waals surface area contributed by atoms with Crippen molar-refractivity contribution in [2.75, 3.05) is 23.3 Å². The number of aryl methyl sites for hydroxylation is 1. The van der Waals surface area contributed by atoms with Crippen LogP contribution in [0.2, 0.25) is 0 Å². The van der Waals surface area contributed by atoms with Gasteiger partial charge in [-0.3, -0.25) is 0 Å². The van der Waals surface area contributed by atoms with Crippen LogP contribution in [0.4, 0.5) is 17.5 Å². The van der Waals surface area contributed by atoms with Crippen LogP contribution in [0.3, 0.4) is 0 Å². The number of fused-ring (bicyclic) bond motifs is 2. The number of pyridine rings is 1. The predicted molar refractivity (Wildman–Crippen MR) is 120 cm³/mol. The maximum atomic E-state index is 9.78. The number of anilines is 3. The molecule has 0 unspecified atom stereocenters. The van der Waals surface area contributed by atoms with Crippen LogP contribution in [0.15, 0.2) is 22.9 Å². The number of halogens is 1. The Morgan fingerprint density at radius 1 is 1.30 bits per heavy atom. The number of hydrogen-bond donors (Lipinski definition) is 3. The molecule has 1 saturated heterocycles. The Labute approximate surface area is 181 Å². The van der Waals surface area contributed by atoms with Gasteiger partial charge in [-0.2, -0.15) is 15.1 Å². The Kier molecular flexibility index (Phi) is 4.62. The van der Waals surface area contributed by atoms with Crippen molar-refractivity contribution in [1.82, 2.24) is 29.7 Å². The third-order valence-corrected chi connectivity index (χ3v) is 6.21. The first-order chi connectivity index (χ1) is 14.4. The van der Waals surface area contributed by atoms with Crippen molar-refractivity contribution in [3.63, 3.8) is 0 Å². The molecule has 4 aromatic rings. The second-order valence-corrected chi connectivity index (χ2v) is 8.66. The molecule has 0 radical (unpaired) electrons. The van der Waals surface area contributed by atoms with Crippen LogP contribution in [0.5, 0.6) is 0 Å². The number of hydrogen-bond acceptors (Lipinski definition) is 7. The molecule has 5 rings (SSSR count). The fourth-order valence-electron chi connectivity index (χ4n) is 3.76. The second-order valence-electron chi connectivity index (χ2n) is 7.87. The summed E-state index contributed by atoms with van der Waals surface area (Å²) in [4.78, 5) is 19.5. The van der Waals surface area contributed by atoms with Gasteiger partial charge in [-0.15, -0.1) is 0 Å². The van der Waals surface area contributed by atoms with Gasteiger partial charge in [0.05, 0.1) is 34.0 Å². The van der Waals surface area contributed by atoms with E-state index in [4.69, 9.17) is 4.98 Å². The number of nitrogens with zero attached hydrogens (tertiary/aromatic N) is 6. The lowest BCUT2D eigenvalue weighted by atomic mass is 10.1. The van der Waals surface area contributed by atoms with E-state index in [1.54, 1.807) is 6.20 Å². The van der Waals surface area contributed by atoms with Crippen LogP contribution in [0.25, 0.3) is 22.1 Å². The average Bonchev–Trinajstić information content (AvgIpc) is 3.25. The van der Waals surface area contributed by atoms with Gasteiger partial charge in [0, 0.05) is 30.2 Å². The van der Waals surface area contributed by atoms with E-state index in [1.807, 2.05) is 16.9 Å². The van der Waals surface area contributed by atoms with Crippen molar-refractivity contribution in [2.24, 2.45) is 0 Å². The number of H-pyrrole nitrogens is 1. The zero-order valence-corrected chi connectivity index (χ0v) is 18.6. The molecule has 1 aliphatic heterocycles. The third kappa shape index (κ3) is 3.10. The van der Waals surface area contributed by atoms with E-state index in [0.717, 1.165) is 50.2 Å². The lowest BCUT2D eigenvalue weighted by molar-refractivity contribution is 0.141. The Morgan fingerprint density at radius 2 is 2.10 bits per heavy atom. The molecular weight excluding hydrogens is 448 g/mol. The summed E-state index contributed by atoms with van der Waals surface area (Å²) in [6.07, 6.45) is 4.12. The monoisotopic (exact) mass is 470 g/mol. The molecule has 0 atom stereocenters. The number of aliphatic hydroxyl groups excluding tert-OH is 1. The highest BCUT2D eigenvalue weighted by Crippen LogP contribution is 2.36. The SMILES string of the molecule is CCc1[nH]c2nc(Nc3cnc4c(cnn4C(C)C)c3)nc(N3CC(O)C3)c2c1Br. The normalized spacial score (nSPS) is 14.8. The maximum Gasteiger partial charge on any atom is 0.231 e. The summed E-state index contributed by atoms with van der Waals surface area (Å²) in [5.74, 6) is 1.28. The highest BCUT2D eigenvalue weighted by molar-refractivity contribution is 9.10. The highest BCUT2D eigenvalue weighted by Gasteiger charge is 2.29. The summed E-state index contributed by atoms with van der Waals surface area (Å²) in [6.45, 7) is 7.37. The zero-order chi connectivity index (χ0) is 21.0. The largest absolute Gasteiger partial charge is 0.389 e. The molecule has 0 saturated carbocycles. The van der Waals surface area contributed by atoms with Crippen LogP contribution >= 0.6 is 15.9 Å². The van der Waals surface area contributed by atoms with E-state index in [9.17, 15) is 5.11 Å². The Morgan fingerprint density at radius 3 is 2.80 bits per heavy atom. The van der Waals surface area contributed by atoms with Crippen molar-refractivity contribution >= 4 is 55.5 Å². The first kappa shape index (κ1) is 19.3. The highest BCUT2D eigenvalue weighted by atomic mass is 79.9. The molecule has 0 aromatic carbocycles.